The van der Waals surface area contributed by atoms with Crippen molar-refractivity contribution in [2.75, 3.05) is 0 Å². The molecule has 2 aromatic heterocycles. The summed E-state index contributed by atoms with van der Waals surface area (Å²) in [7, 11) is 0. The maximum atomic E-state index is 11.3. The molecule has 0 aliphatic rings. The lowest BCUT2D eigenvalue weighted by atomic mass is 10.3. The summed E-state index contributed by atoms with van der Waals surface area (Å²) >= 11 is 2.72. The molecular formula is C22H17ClN4O10S2. The van der Waals surface area contributed by atoms with Crippen molar-refractivity contribution in [2.45, 2.75) is 13.2 Å². The molecule has 0 fully saturated rings. The molecule has 14 nitrogen and oxygen atoms in total. The first-order valence-electron chi connectivity index (χ1n) is 10.2. The standard InChI is InChI=1S/2C11H8N2O5S.ClH/c2*14-11(17-6-10-5-12-7-19-10)18-9-3-1-8(2-4-9)13(15)16;/h2*1-5,7H,6H2;1H. The number of carbonyl (C=O) groups is 2. The van der Waals surface area contributed by atoms with Crippen LogP contribution >= 0.6 is 35.1 Å². The minimum absolute atomic E-state index is 0. The molecule has 0 aliphatic carbocycles. The number of aromatic nitrogens is 2. The van der Waals surface area contributed by atoms with E-state index in [0.29, 0.717) is 0 Å². The average Bonchev–Trinajstić information content (AvgIpc) is 3.62. The van der Waals surface area contributed by atoms with Crippen LogP contribution in [-0.2, 0) is 22.7 Å². The van der Waals surface area contributed by atoms with E-state index < -0.39 is 22.2 Å². The van der Waals surface area contributed by atoms with Crippen molar-refractivity contribution in [2.24, 2.45) is 0 Å². The van der Waals surface area contributed by atoms with E-state index in [2.05, 4.69) is 9.97 Å². The molecule has 0 spiro atoms. The number of ether oxygens (including phenoxy) is 4. The zero-order valence-electron chi connectivity index (χ0n) is 19.4. The number of nitro groups is 2. The minimum Gasteiger partial charge on any atom is -0.428 e. The number of carbonyl (C=O) groups excluding carboxylic acids is 2. The van der Waals surface area contributed by atoms with Crippen LogP contribution in [0.1, 0.15) is 9.75 Å². The SMILES string of the molecule is Cl.O=C(OCc1cncs1)Oc1ccc([N+](=O)[O-])cc1.O=C(OCc1cncs1)Oc1ccc([N+](=O)[O-])cc1. The highest BCUT2D eigenvalue weighted by Crippen LogP contribution is 2.19. The van der Waals surface area contributed by atoms with E-state index in [4.69, 9.17) is 18.9 Å². The van der Waals surface area contributed by atoms with Gasteiger partial charge >= 0.3 is 12.3 Å². The van der Waals surface area contributed by atoms with E-state index in [9.17, 15) is 29.8 Å². The van der Waals surface area contributed by atoms with Crippen LogP contribution < -0.4 is 9.47 Å². The maximum Gasteiger partial charge on any atom is 0.514 e. The summed E-state index contributed by atoms with van der Waals surface area (Å²) in [4.78, 5) is 51.7. The van der Waals surface area contributed by atoms with Gasteiger partial charge in [0.15, 0.2) is 0 Å². The fourth-order valence-corrected chi connectivity index (χ4v) is 3.42. The molecule has 39 heavy (non-hydrogen) atoms. The Morgan fingerprint density at radius 1 is 0.692 bits per heavy atom. The molecule has 0 bridgehead atoms. The van der Waals surface area contributed by atoms with Gasteiger partial charge in [0, 0.05) is 36.7 Å². The molecule has 0 N–H and O–H groups in total. The van der Waals surface area contributed by atoms with Gasteiger partial charge in [-0.3, -0.25) is 30.2 Å². The Balaban J connectivity index is 0.000000267. The quantitative estimate of drug-likeness (QED) is 0.101. The second-order valence-electron chi connectivity index (χ2n) is 6.72. The van der Waals surface area contributed by atoms with Crippen molar-refractivity contribution in [3.8, 4) is 11.5 Å². The first-order chi connectivity index (χ1) is 18.3. The number of halogens is 1. The fraction of sp³-hybridized carbons (Fsp3) is 0.0909. The number of nitro benzene ring substituents is 2. The summed E-state index contributed by atoms with van der Waals surface area (Å²) in [6.07, 6.45) is 1.43. The summed E-state index contributed by atoms with van der Waals surface area (Å²) in [5, 5.41) is 20.9. The van der Waals surface area contributed by atoms with Crippen LogP contribution in [0.3, 0.4) is 0 Å². The highest BCUT2D eigenvalue weighted by Gasteiger charge is 2.11. The summed E-state index contributed by atoms with van der Waals surface area (Å²) < 4.78 is 19.4. The Kier molecular flexibility index (Phi) is 12.2. The number of rotatable bonds is 8. The topological polar surface area (TPSA) is 183 Å². The van der Waals surface area contributed by atoms with Crippen LogP contribution in [0.15, 0.2) is 71.9 Å². The van der Waals surface area contributed by atoms with Gasteiger partial charge in [-0.25, -0.2) is 9.59 Å². The molecule has 0 amide bonds. The zero-order chi connectivity index (χ0) is 27.3. The summed E-state index contributed by atoms with van der Waals surface area (Å²) in [6, 6.07) is 10.3. The van der Waals surface area contributed by atoms with Gasteiger partial charge in [0.2, 0.25) is 0 Å². The van der Waals surface area contributed by atoms with Gasteiger partial charge in [-0.1, -0.05) is 0 Å². The lowest BCUT2D eigenvalue weighted by molar-refractivity contribution is -0.385. The van der Waals surface area contributed by atoms with E-state index in [-0.39, 0.29) is 48.5 Å². The van der Waals surface area contributed by atoms with Crippen molar-refractivity contribution in [1.82, 2.24) is 9.97 Å². The van der Waals surface area contributed by atoms with Gasteiger partial charge in [0.25, 0.3) is 11.4 Å². The predicted octanol–water partition coefficient (Wildman–Crippen LogP) is 5.96. The van der Waals surface area contributed by atoms with Crippen LogP contribution in [-0.4, -0.2) is 32.1 Å². The summed E-state index contributed by atoms with van der Waals surface area (Å²) in [6.45, 7) is 0.160. The average molecular weight is 597 g/mol. The van der Waals surface area contributed by atoms with Crippen LogP contribution in [0, 0.1) is 20.2 Å². The van der Waals surface area contributed by atoms with E-state index in [1.54, 1.807) is 23.4 Å². The van der Waals surface area contributed by atoms with Crippen molar-refractivity contribution < 1.29 is 38.4 Å². The summed E-state index contributed by atoms with van der Waals surface area (Å²) in [5.41, 5.74) is 3.09. The first-order valence-corrected chi connectivity index (χ1v) is 12.0. The number of benzene rings is 2. The Morgan fingerprint density at radius 2 is 1.05 bits per heavy atom. The van der Waals surface area contributed by atoms with E-state index >= 15 is 0 Å². The molecule has 0 saturated heterocycles. The third-order valence-electron chi connectivity index (χ3n) is 4.13. The van der Waals surface area contributed by atoms with Crippen LogP contribution in [0.2, 0.25) is 0 Å². The highest BCUT2D eigenvalue weighted by atomic mass is 35.5. The number of thiazole rings is 2. The van der Waals surface area contributed by atoms with Crippen molar-refractivity contribution in [3.05, 3.63) is 102 Å². The molecule has 17 heteroatoms. The maximum absolute atomic E-state index is 11.3. The van der Waals surface area contributed by atoms with Gasteiger partial charge in [-0.15, -0.1) is 35.1 Å². The molecule has 4 rings (SSSR count). The van der Waals surface area contributed by atoms with E-state index in [1.807, 2.05) is 0 Å². The Hall–Kier alpha value is -4.67. The normalized spacial score (nSPS) is 9.64. The Labute approximate surface area is 233 Å². The second kappa shape index (κ2) is 15.6. The number of nitrogens with zero attached hydrogens (tertiary/aromatic N) is 4. The summed E-state index contributed by atoms with van der Waals surface area (Å²) in [5.74, 6) is 0.361. The molecule has 2 heterocycles. The van der Waals surface area contributed by atoms with Crippen molar-refractivity contribution in [1.29, 1.82) is 0 Å². The smallest absolute Gasteiger partial charge is 0.428 e. The number of hydrogen-bond donors (Lipinski definition) is 0. The number of hydrogen-bond acceptors (Lipinski definition) is 14. The molecule has 4 aromatic rings. The largest absolute Gasteiger partial charge is 0.514 e. The van der Waals surface area contributed by atoms with Crippen LogP contribution in [0.25, 0.3) is 0 Å². The second-order valence-corrected chi connectivity index (χ2v) is 8.66. The molecule has 204 valence electrons. The lowest BCUT2D eigenvalue weighted by Gasteiger charge is -2.04. The van der Waals surface area contributed by atoms with Crippen LogP contribution in [0.4, 0.5) is 21.0 Å². The van der Waals surface area contributed by atoms with Gasteiger partial charge < -0.3 is 18.9 Å². The third kappa shape index (κ3) is 10.7. The molecule has 2 aromatic carbocycles. The zero-order valence-corrected chi connectivity index (χ0v) is 21.9. The number of non-ortho nitro benzene ring substituents is 2. The lowest BCUT2D eigenvalue weighted by Crippen LogP contribution is -2.09. The van der Waals surface area contributed by atoms with Crippen LogP contribution in [0.5, 0.6) is 11.5 Å². The molecule has 0 saturated carbocycles. The van der Waals surface area contributed by atoms with Gasteiger partial charge in [0.05, 0.1) is 30.6 Å². The fourth-order valence-electron chi connectivity index (χ4n) is 2.41. The van der Waals surface area contributed by atoms with Crippen molar-refractivity contribution >= 4 is 58.8 Å². The third-order valence-corrected chi connectivity index (χ3v) is 5.64. The van der Waals surface area contributed by atoms with E-state index in [1.165, 1.54) is 71.2 Å². The molecule has 0 unspecified atom stereocenters. The minimum atomic E-state index is -0.873. The predicted molar refractivity (Wildman–Crippen MR) is 139 cm³/mol. The Morgan fingerprint density at radius 3 is 1.33 bits per heavy atom. The van der Waals surface area contributed by atoms with Crippen molar-refractivity contribution in [3.63, 3.8) is 0 Å². The highest BCUT2D eigenvalue weighted by molar-refractivity contribution is 7.09. The first kappa shape index (κ1) is 30.6. The van der Waals surface area contributed by atoms with Gasteiger partial charge in [-0.2, -0.15) is 0 Å². The van der Waals surface area contributed by atoms with Gasteiger partial charge in [0.1, 0.15) is 24.7 Å². The molecule has 0 radical (unpaired) electrons. The molecule has 0 atom stereocenters. The molecular weight excluding hydrogens is 580 g/mol. The monoisotopic (exact) mass is 596 g/mol. The molecule has 0 aliphatic heterocycles. The Bertz CT molecular complexity index is 1250. The van der Waals surface area contributed by atoms with Gasteiger partial charge in [-0.05, 0) is 24.3 Å². The van der Waals surface area contributed by atoms with E-state index in [0.717, 1.165) is 9.75 Å².